The van der Waals surface area contributed by atoms with Gasteiger partial charge in [-0.15, -0.1) is 0 Å². The molecule has 0 radical (unpaired) electrons. The second-order valence-corrected chi connectivity index (χ2v) is 7.99. The highest BCUT2D eigenvalue weighted by molar-refractivity contribution is 6.55. The molecule has 0 amide bonds. The minimum atomic E-state index is -0.304. The van der Waals surface area contributed by atoms with Crippen LogP contribution in [0.2, 0.25) is 19.1 Å². The van der Waals surface area contributed by atoms with Gasteiger partial charge in [-0.3, -0.25) is 0 Å². The van der Waals surface area contributed by atoms with Gasteiger partial charge >= 0.3 is 0 Å². The molecule has 14 heavy (non-hydrogen) atoms. The van der Waals surface area contributed by atoms with Crippen LogP contribution in [0.1, 0.15) is 24.0 Å². The van der Waals surface area contributed by atoms with Gasteiger partial charge in [0.1, 0.15) is 0 Å². The molecule has 0 heterocycles. The summed E-state index contributed by atoms with van der Waals surface area (Å²) < 4.78 is 0. The highest BCUT2D eigenvalue weighted by atomic mass is 28.3. The molecule has 0 fully saturated rings. The Balaban J connectivity index is 2.21. The Kier molecular flexibility index (Phi) is 4.95. The van der Waals surface area contributed by atoms with Crippen molar-refractivity contribution in [1.29, 1.82) is 0 Å². The summed E-state index contributed by atoms with van der Waals surface area (Å²) in [6.45, 7) is 7.02. The first-order valence-corrected chi connectivity index (χ1v) is 8.86. The smallest absolute Gasteiger partial charge is 0.0305 e. The predicted octanol–water partition coefficient (Wildman–Crippen LogP) is 3.80. The van der Waals surface area contributed by atoms with Crippen LogP contribution in [0, 0.1) is 6.92 Å². The molecule has 0 aromatic heterocycles. The fourth-order valence-corrected chi connectivity index (χ4v) is 2.74. The fourth-order valence-electron chi connectivity index (χ4n) is 1.64. The minimum absolute atomic E-state index is 0.304. The third-order valence-electron chi connectivity index (χ3n) is 2.62. The Labute approximate surface area is 90.0 Å². The Morgan fingerprint density at radius 3 is 2.21 bits per heavy atom. The molecule has 0 aliphatic heterocycles. The van der Waals surface area contributed by atoms with Crippen molar-refractivity contribution >= 4 is 8.80 Å². The number of hydrogen-bond acceptors (Lipinski definition) is 0. The van der Waals surface area contributed by atoms with Gasteiger partial charge < -0.3 is 0 Å². The maximum absolute atomic E-state index is 2.44. The molecule has 0 saturated heterocycles. The SMILES string of the molecule is Cc1ccc(CCCC[SiH](C)C)cc1. The van der Waals surface area contributed by atoms with Crippen molar-refractivity contribution in [3.8, 4) is 0 Å². The van der Waals surface area contributed by atoms with Crippen molar-refractivity contribution in [2.24, 2.45) is 0 Å². The molecule has 1 aromatic carbocycles. The van der Waals surface area contributed by atoms with E-state index in [1.165, 1.54) is 36.4 Å². The quantitative estimate of drug-likeness (QED) is 0.508. The highest BCUT2D eigenvalue weighted by Gasteiger charge is 1.96. The van der Waals surface area contributed by atoms with Gasteiger partial charge in [-0.2, -0.15) is 0 Å². The molecular formula is C13H22Si. The zero-order chi connectivity index (χ0) is 10.4. The van der Waals surface area contributed by atoms with Gasteiger partial charge in [-0.25, -0.2) is 0 Å². The summed E-state index contributed by atoms with van der Waals surface area (Å²) in [7, 11) is -0.304. The number of aryl methyl sites for hydroxylation is 2. The van der Waals surface area contributed by atoms with E-state index in [9.17, 15) is 0 Å². The Morgan fingerprint density at radius 1 is 1.00 bits per heavy atom. The second kappa shape index (κ2) is 6.02. The predicted molar refractivity (Wildman–Crippen MR) is 67.8 cm³/mol. The van der Waals surface area contributed by atoms with Crippen LogP contribution >= 0.6 is 0 Å². The highest BCUT2D eigenvalue weighted by Crippen LogP contribution is 2.09. The van der Waals surface area contributed by atoms with E-state index in [0.717, 1.165) is 0 Å². The van der Waals surface area contributed by atoms with E-state index in [1.807, 2.05) is 0 Å². The minimum Gasteiger partial charge on any atom is -0.0722 e. The first-order valence-electron chi connectivity index (χ1n) is 5.74. The monoisotopic (exact) mass is 206 g/mol. The van der Waals surface area contributed by atoms with Crippen molar-refractivity contribution in [3.05, 3.63) is 35.4 Å². The van der Waals surface area contributed by atoms with Gasteiger partial charge in [-0.05, 0) is 25.3 Å². The molecule has 0 aliphatic carbocycles. The molecule has 0 N–H and O–H groups in total. The first kappa shape index (κ1) is 11.5. The lowest BCUT2D eigenvalue weighted by Gasteiger charge is -2.03. The van der Waals surface area contributed by atoms with Gasteiger partial charge in [0.25, 0.3) is 0 Å². The molecule has 0 bridgehead atoms. The van der Waals surface area contributed by atoms with Crippen LogP contribution in [0.15, 0.2) is 24.3 Å². The zero-order valence-electron chi connectivity index (χ0n) is 9.72. The van der Waals surface area contributed by atoms with Crippen molar-refractivity contribution < 1.29 is 0 Å². The summed E-state index contributed by atoms with van der Waals surface area (Å²) in [5.41, 5.74) is 2.87. The lowest BCUT2D eigenvalue weighted by atomic mass is 10.1. The lowest BCUT2D eigenvalue weighted by molar-refractivity contribution is 0.788. The molecule has 0 unspecified atom stereocenters. The van der Waals surface area contributed by atoms with Gasteiger partial charge in [0.15, 0.2) is 0 Å². The van der Waals surface area contributed by atoms with E-state index in [1.54, 1.807) is 0 Å². The van der Waals surface area contributed by atoms with E-state index in [-0.39, 0.29) is 8.80 Å². The first-order chi connectivity index (χ1) is 6.68. The van der Waals surface area contributed by atoms with Gasteiger partial charge in [0, 0.05) is 8.80 Å². The van der Waals surface area contributed by atoms with E-state index < -0.39 is 0 Å². The van der Waals surface area contributed by atoms with Gasteiger partial charge in [-0.1, -0.05) is 55.4 Å². The van der Waals surface area contributed by atoms with E-state index in [2.05, 4.69) is 44.3 Å². The second-order valence-electron chi connectivity index (χ2n) is 4.63. The van der Waals surface area contributed by atoms with Crippen molar-refractivity contribution in [2.75, 3.05) is 0 Å². The molecule has 0 spiro atoms. The van der Waals surface area contributed by atoms with Crippen LogP contribution in [0.3, 0.4) is 0 Å². The van der Waals surface area contributed by atoms with Crippen LogP contribution in [0.5, 0.6) is 0 Å². The van der Waals surface area contributed by atoms with Crippen LogP contribution < -0.4 is 0 Å². The third kappa shape index (κ3) is 4.61. The normalized spacial score (nSPS) is 10.9. The van der Waals surface area contributed by atoms with Crippen LogP contribution in [-0.2, 0) is 6.42 Å². The van der Waals surface area contributed by atoms with Crippen molar-refractivity contribution in [2.45, 2.75) is 45.3 Å². The molecule has 0 atom stereocenters. The van der Waals surface area contributed by atoms with E-state index in [4.69, 9.17) is 0 Å². The number of rotatable bonds is 5. The van der Waals surface area contributed by atoms with Crippen LogP contribution in [0.25, 0.3) is 0 Å². The standard InChI is InChI=1S/C13H22Si/c1-12-7-9-13(10-8-12)6-4-5-11-14(2)3/h7-10,14H,4-6,11H2,1-3H3. The van der Waals surface area contributed by atoms with E-state index >= 15 is 0 Å². The third-order valence-corrected chi connectivity index (χ3v) is 4.18. The number of hydrogen-bond donors (Lipinski definition) is 0. The number of benzene rings is 1. The molecule has 78 valence electrons. The van der Waals surface area contributed by atoms with Gasteiger partial charge in [0.05, 0.1) is 0 Å². The van der Waals surface area contributed by atoms with Crippen LogP contribution in [-0.4, -0.2) is 8.80 Å². The summed E-state index contributed by atoms with van der Waals surface area (Å²) in [6, 6.07) is 10.5. The Morgan fingerprint density at radius 2 is 1.64 bits per heavy atom. The van der Waals surface area contributed by atoms with Crippen molar-refractivity contribution in [1.82, 2.24) is 0 Å². The largest absolute Gasteiger partial charge is 0.0722 e. The summed E-state index contributed by atoms with van der Waals surface area (Å²) in [4.78, 5) is 0. The summed E-state index contributed by atoms with van der Waals surface area (Å²) in [5.74, 6) is 0. The summed E-state index contributed by atoms with van der Waals surface area (Å²) in [6.07, 6.45) is 4.06. The van der Waals surface area contributed by atoms with Crippen molar-refractivity contribution in [3.63, 3.8) is 0 Å². The Hall–Kier alpha value is -0.563. The van der Waals surface area contributed by atoms with E-state index in [0.29, 0.717) is 0 Å². The topological polar surface area (TPSA) is 0 Å². The van der Waals surface area contributed by atoms with Crippen LogP contribution in [0.4, 0.5) is 0 Å². The molecular weight excluding hydrogens is 184 g/mol. The maximum atomic E-state index is 2.44. The fraction of sp³-hybridized carbons (Fsp3) is 0.538. The molecule has 0 aliphatic rings. The molecule has 1 aromatic rings. The number of unbranched alkanes of at least 4 members (excludes halogenated alkanes) is 1. The maximum Gasteiger partial charge on any atom is 0.0305 e. The van der Waals surface area contributed by atoms with Gasteiger partial charge in [0.2, 0.25) is 0 Å². The summed E-state index contributed by atoms with van der Waals surface area (Å²) in [5, 5.41) is 0. The average Bonchev–Trinajstić information content (AvgIpc) is 2.15. The molecule has 0 nitrogen and oxygen atoms in total. The molecule has 0 saturated carbocycles. The molecule has 1 heteroatoms. The Bertz CT molecular complexity index is 248. The average molecular weight is 206 g/mol. The zero-order valence-corrected chi connectivity index (χ0v) is 10.9. The summed E-state index contributed by atoms with van der Waals surface area (Å²) >= 11 is 0. The molecule has 1 rings (SSSR count). The lowest BCUT2D eigenvalue weighted by Crippen LogP contribution is -1.98.